The Morgan fingerprint density at radius 2 is 2.00 bits per heavy atom. The normalized spacial score (nSPS) is 13.3. The van der Waals surface area contributed by atoms with Crippen LogP contribution in [0.25, 0.3) is 0 Å². The first-order valence-electron chi connectivity index (χ1n) is 4.92. The SMILES string of the molecule is COC(=O)C(C)(C)[C@@H](O)c1ccccc1Cl. The minimum atomic E-state index is -1.03. The molecule has 1 N–H and O–H groups in total. The predicted octanol–water partition coefficient (Wildman–Crippen LogP) is 2.57. The quantitative estimate of drug-likeness (QED) is 0.829. The van der Waals surface area contributed by atoms with E-state index in [9.17, 15) is 9.90 Å². The average molecular weight is 243 g/mol. The summed E-state index contributed by atoms with van der Waals surface area (Å²) >= 11 is 5.96. The van der Waals surface area contributed by atoms with Gasteiger partial charge in [0.25, 0.3) is 0 Å². The number of ether oxygens (including phenoxy) is 1. The Morgan fingerprint density at radius 3 is 2.50 bits per heavy atom. The van der Waals surface area contributed by atoms with Gasteiger partial charge in [0.15, 0.2) is 0 Å². The summed E-state index contributed by atoms with van der Waals surface area (Å²) in [6, 6.07) is 6.90. The molecule has 1 aromatic carbocycles. The lowest BCUT2D eigenvalue weighted by Gasteiger charge is -2.28. The minimum Gasteiger partial charge on any atom is -0.469 e. The third-order valence-electron chi connectivity index (χ3n) is 2.59. The Balaban J connectivity index is 3.07. The number of rotatable bonds is 3. The minimum absolute atomic E-state index is 0.437. The lowest BCUT2D eigenvalue weighted by molar-refractivity contribution is -0.157. The molecule has 0 heterocycles. The molecule has 4 heteroatoms. The maximum Gasteiger partial charge on any atom is 0.314 e. The van der Waals surface area contributed by atoms with Crippen LogP contribution in [0.5, 0.6) is 0 Å². The molecule has 0 aliphatic rings. The molecule has 16 heavy (non-hydrogen) atoms. The molecule has 0 aliphatic heterocycles. The number of halogens is 1. The number of aliphatic hydroxyl groups excluding tert-OH is 1. The summed E-state index contributed by atoms with van der Waals surface area (Å²) in [5.41, 5.74) is -0.501. The van der Waals surface area contributed by atoms with Gasteiger partial charge in [0.1, 0.15) is 0 Å². The van der Waals surface area contributed by atoms with Gasteiger partial charge in [-0.1, -0.05) is 29.8 Å². The predicted molar refractivity (Wildman–Crippen MR) is 62.2 cm³/mol. The van der Waals surface area contributed by atoms with Gasteiger partial charge in [-0.2, -0.15) is 0 Å². The number of carbonyl (C=O) groups excluding carboxylic acids is 1. The highest BCUT2D eigenvalue weighted by Gasteiger charge is 2.38. The molecule has 1 rings (SSSR count). The summed E-state index contributed by atoms with van der Waals surface area (Å²) in [5.74, 6) is -0.472. The van der Waals surface area contributed by atoms with Crippen LogP contribution in [-0.2, 0) is 9.53 Å². The zero-order valence-electron chi connectivity index (χ0n) is 9.53. The number of carbonyl (C=O) groups is 1. The molecule has 0 aliphatic carbocycles. The lowest BCUT2D eigenvalue weighted by atomic mass is 9.82. The monoisotopic (exact) mass is 242 g/mol. The molecule has 0 unspecified atom stereocenters. The smallest absolute Gasteiger partial charge is 0.314 e. The van der Waals surface area contributed by atoms with Crippen LogP contribution in [0.1, 0.15) is 25.5 Å². The van der Waals surface area contributed by atoms with Crippen LogP contribution >= 0.6 is 11.6 Å². The highest BCUT2D eigenvalue weighted by Crippen LogP contribution is 2.37. The molecule has 0 aromatic heterocycles. The maximum absolute atomic E-state index is 11.5. The summed E-state index contributed by atoms with van der Waals surface area (Å²) in [7, 11) is 1.30. The van der Waals surface area contributed by atoms with Gasteiger partial charge in [-0.3, -0.25) is 4.79 Å². The van der Waals surface area contributed by atoms with Gasteiger partial charge >= 0.3 is 5.97 Å². The zero-order valence-corrected chi connectivity index (χ0v) is 10.3. The van der Waals surface area contributed by atoms with Crippen molar-refractivity contribution in [1.29, 1.82) is 0 Å². The number of aliphatic hydroxyl groups is 1. The summed E-state index contributed by atoms with van der Waals surface area (Å²) in [4.78, 5) is 11.5. The second-order valence-electron chi connectivity index (χ2n) is 4.14. The average Bonchev–Trinajstić information content (AvgIpc) is 2.27. The van der Waals surface area contributed by atoms with Crippen molar-refractivity contribution in [1.82, 2.24) is 0 Å². The van der Waals surface area contributed by atoms with Gasteiger partial charge in [0.05, 0.1) is 18.6 Å². The van der Waals surface area contributed by atoms with E-state index >= 15 is 0 Å². The van der Waals surface area contributed by atoms with E-state index in [1.165, 1.54) is 7.11 Å². The van der Waals surface area contributed by atoms with Crippen LogP contribution in [0, 0.1) is 5.41 Å². The number of methoxy groups -OCH3 is 1. The van der Waals surface area contributed by atoms with E-state index in [1.54, 1.807) is 38.1 Å². The fourth-order valence-electron chi connectivity index (χ4n) is 1.46. The molecular weight excluding hydrogens is 228 g/mol. The van der Waals surface area contributed by atoms with E-state index in [-0.39, 0.29) is 0 Å². The van der Waals surface area contributed by atoms with E-state index in [0.717, 1.165) is 0 Å². The third kappa shape index (κ3) is 2.36. The van der Waals surface area contributed by atoms with Crippen LogP contribution in [0.4, 0.5) is 0 Å². The van der Waals surface area contributed by atoms with E-state index in [2.05, 4.69) is 4.74 Å². The number of benzene rings is 1. The van der Waals surface area contributed by atoms with Gasteiger partial charge in [-0.15, -0.1) is 0 Å². The third-order valence-corrected chi connectivity index (χ3v) is 2.94. The number of hydrogen-bond acceptors (Lipinski definition) is 3. The highest BCUT2D eigenvalue weighted by molar-refractivity contribution is 6.31. The molecule has 0 amide bonds. The molecule has 3 nitrogen and oxygen atoms in total. The van der Waals surface area contributed by atoms with E-state index in [1.807, 2.05) is 0 Å². The number of hydrogen-bond donors (Lipinski definition) is 1. The summed E-state index contributed by atoms with van der Waals surface area (Å²) in [5, 5.41) is 10.6. The van der Waals surface area contributed by atoms with E-state index in [0.29, 0.717) is 10.6 Å². The van der Waals surface area contributed by atoms with Crippen molar-refractivity contribution in [2.45, 2.75) is 20.0 Å². The molecule has 1 aromatic rings. The van der Waals surface area contributed by atoms with Crippen molar-refractivity contribution in [3.05, 3.63) is 34.9 Å². The fraction of sp³-hybridized carbons (Fsp3) is 0.417. The Morgan fingerprint density at radius 1 is 1.44 bits per heavy atom. The fourth-order valence-corrected chi connectivity index (χ4v) is 1.70. The lowest BCUT2D eigenvalue weighted by Crippen LogP contribution is -2.32. The molecular formula is C12H15ClO3. The highest BCUT2D eigenvalue weighted by atomic mass is 35.5. The number of esters is 1. The molecule has 0 saturated heterocycles. The summed E-state index contributed by atoms with van der Waals surface area (Å²) in [6.07, 6.45) is -0.992. The largest absolute Gasteiger partial charge is 0.469 e. The first-order valence-corrected chi connectivity index (χ1v) is 5.30. The molecule has 0 radical (unpaired) electrons. The summed E-state index contributed by atoms with van der Waals surface area (Å²) in [6.45, 7) is 3.24. The van der Waals surface area contributed by atoms with Crippen molar-refractivity contribution >= 4 is 17.6 Å². The molecule has 0 spiro atoms. The Labute approximate surface area is 100.0 Å². The van der Waals surface area contributed by atoms with Crippen molar-refractivity contribution < 1.29 is 14.6 Å². The van der Waals surface area contributed by atoms with Crippen LogP contribution in [-0.4, -0.2) is 18.2 Å². The van der Waals surface area contributed by atoms with Gasteiger partial charge in [0.2, 0.25) is 0 Å². The van der Waals surface area contributed by atoms with Crippen molar-refractivity contribution in [3.8, 4) is 0 Å². The van der Waals surface area contributed by atoms with Crippen LogP contribution in [0.15, 0.2) is 24.3 Å². The molecule has 88 valence electrons. The Kier molecular flexibility index (Phi) is 3.94. The standard InChI is InChI=1S/C12H15ClO3/c1-12(2,11(15)16-3)10(14)8-6-4-5-7-9(8)13/h4-7,10,14H,1-3H3/t10-/m0/s1. The molecule has 0 saturated carbocycles. The van der Waals surface area contributed by atoms with Gasteiger partial charge < -0.3 is 9.84 Å². The van der Waals surface area contributed by atoms with Gasteiger partial charge in [-0.05, 0) is 19.9 Å². The first kappa shape index (κ1) is 13.0. The van der Waals surface area contributed by atoms with Crippen molar-refractivity contribution in [3.63, 3.8) is 0 Å². The molecule has 1 atom stereocenters. The van der Waals surface area contributed by atoms with E-state index < -0.39 is 17.5 Å². The zero-order chi connectivity index (χ0) is 12.3. The summed E-state index contributed by atoms with van der Waals surface area (Å²) < 4.78 is 4.66. The topological polar surface area (TPSA) is 46.5 Å². The molecule has 0 bridgehead atoms. The van der Waals surface area contributed by atoms with Crippen LogP contribution in [0.2, 0.25) is 5.02 Å². The first-order chi connectivity index (χ1) is 7.41. The second-order valence-corrected chi connectivity index (χ2v) is 4.54. The molecule has 0 fully saturated rings. The van der Waals surface area contributed by atoms with Gasteiger partial charge in [0, 0.05) is 10.6 Å². The maximum atomic E-state index is 11.5. The van der Waals surface area contributed by atoms with E-state index in [4.69, 9.17) is 11.6 Å². The van der Waals surface area contributed by atoms with Crippen molar-refractivity contribution in [2.24, 2.45) is 5.41 Å². The Bertz CT molecular complexity index is 388. The van der Waals surface area contributed by atoms with Crippen LogP contribution < -0.4 is 0 Å². The Hall–Kier alpha value is -1.06. The second kappa shape index (κ2) is 4.85. The van der Waals surface area contributed by atoms with Crippen LogP contribution in [0.3, 0.4) is 0 Å². The van der Waals surface area contributed by atoms with Crippen molar-refractivity contribution in [2.75, 3.05) is 7.11 Å². The van der Waals surface area contributed by atoms with Gasteiger partial charge in [-0.25, -0.2) is 0 Å².